The zero-order chi connectivity index (χ0) is 18.0. The number of aromatic nitrogens is 4. The van der Waals surface area contributed by atoms with E-state index in [-0.39, 0.29) is 5.78 Å². The summed E-state index contributed by atoms with van der Waals surface area (Å²) in [6.07, 6.45) is 0. The maximum absolute atomic E-state index is 12.6. The van der Waals surface area contributed by atoms with Crippen molar-refractivity contribution in [1.29, 1.82) is 0 Å². The molecule has 0 saturated carbocycles. The molecular formula is C20H22N4O. The number of benzene rings is 2. The van der Waals surface area contributed by atoms with Crippen LogP contribution in [-0.4, -0.2) is 26.0 Å². The van der Waals surface area contributed by atoms with Gasteiger partial charge >= 0.3 is 0 Å². The van der Waals surface area contributed by atoms with Crippen LogP contribution in [0.1, 0.15) is 54.2 Å². The predicted molar refractivity (Wildman–Crippen MR) is 97.6 cm³/mol. The molecule has 2 aromatic carbocycles. The maximum atomic E-state index is 12.6. The highest BCUT2D eigenvalue weighted by Crippen LogP contribution is 2.20. The van der Waals surface area contributed by atoms with E-state index in [4.69, 9.17) is 0 Å². The molecule has 5 heteroatoms. The van der Waals surface area contributed by atoms with Crippen LogP contribution >= 0.6 is 0 Å². The molecule has 0 radical (unpaired) electrons. The quantitative estimate of drug-likeness (QED) is 0.656. The fourth-order valence-electron chi connectivity index (χ4n) is 2.59. The number of hydrogen-bond donors (Lipinski definition) is 0. The van der Waals surface area contributed by atoms with Gasteiger partial charge in [0.05, 0.1) is 0 Å². The molecule has 0 amide bonds. The molecule has 1 heterocycles. The average Bonchev–Trinajstić information content (AvgIpc) is 3.11. The Hall–Kier alpha value is -2.82. The number of nitrogens with zero attached hydrogens (tertiary/aromatic N) is 4. The van der Waals surface area contributed by atoms with Gasteiger partial charge < -0.3 is 0 Å². The van der Waals surface area contributed by atoms with Gasteiger partial charge in [0.2, 0.25) is 5.82 Å². The van der Waals surface area contributed by atoms with Gasteiger partial charge in [0.1, 0.15) is 6.04 Å². The Morgan fingerprint density at radius 2 is 1.60 bits per heavy atom. The van der Waals surface area contributed by atoms with Gasteiger partial charge in [-0.3, -0.25) is 4.79 Å². The lowest BCUT2D eigenvalue weighted by atomic mass is 10.0. The summed E-state index contributed by atoms with van der Waals surface area (Å²) >= 11 is 0. The van der Waals surface area contributed by atoms with E-state index in [2.05, 4.69) is 41.4 Å². The molecule has 5 nitrogen and oxygen atoms in total. The standard InChI is InChI=1S/C20H22N4O/c1-13(2)16-9-11-18(12-10-16)20-21-23-24(22-20)15(4)19(25)17-7-5-14(3)6-8-17/h5-13,15H,1-4H3/t15-/m1/s1. The van der Waals surface area contributed by atoms with Crippen LogP contribution in [0.3, 0.4) is 0 Å². The minimum Gasteiger partial charge on any atom is -0.292 e. The molecule has 0 aliphatic carbocycles. The van der Waals surface area contributed by atoms with Gasteiger partial charge in [0, 0.05) is 11.1 Å². The first-order valence-corrected chi connectivity index (χ1v) is 8.46. The summed E-state index contributed by atoms with van der Waals surface area (Å²) in [7, 11) is 0. The number of carbonyl (C=O) groups is 1. The molecule has 3 rings (SSSR count). The number of ketones is 1. The monoisotopic (exact) mass is 334 g/mol. The highest BCUT2D eigenvalue weighted by atomic mass is 16.1. The predicted octanol–water partition coefficient (Wildman–Crippen LogP) is 4.22. The minimum atomic E-state index is -0.501. The molecule has 0 fully saturated rings. The van der Waals surface area contributed by atoms with Gasteiger partial charge in [0.25, 0.3) is 0 Å². The van der Waals surface area contributed by atoms with Gasteiger partial charge in [0.15, 0.2) is 5.78 Å². The molecule has 0 unspecified atom stereocenters. The molecule has 0 aliphatic rings. The number of tetrazole rings is 1. The number of Topliss-reactive ketones (excluding diaryl/α,β-unsaturated/α-hetero) is 1. The van der Waals surface area contributed by atoms with E-state index >= 15 is 0 Å². The summed E-state index contributed by atoms with van der Waals surface area (Å²) in [6.45, 7) is 8.09. The van der Waals surface area contributed by atoms with Crippen LogP contribution < -0.4 is 0 Å². The van der Waals surface area contributed by atoms with Crippen LogP contribution in [0.4, 0.5) is 0 Å². The largest absolute Gasteiger partial charge is 0.292 e. The summed E-state index contributed by atoms with van der Waals surface area (Å²) in [4.78, 5) is 14.0. The first-order chi connectivity index (χ1) is 12.0. The smallest absolute Gasteiger partial charge is 0.204 e. The summed E-state index contributed by atoms with van der Waals surface area (Å²) < 4.78 is 0. The summed E-state index contributed by atoms with van der Waals surface area (Å²) in [5.74, 6) is 0.975. The lowest BCUT2D eigenvalue weighted by molar-refractivity contribution is 0.0918. The first kappa shape index (κ1) is 17.0. The number of aryl methyl sites for hydroxylation is 1. The van der Waals surface area contributed by atoms with Crippen molar-refractivity contribution < 1.29 is 4.79 Å². The van der Waals surface area contributed by atoms with Crippen LogP contribution in [0.15, 0.2) is 48.5 Å². The SMILES string of the molecule is Cc1ccc(C(=O)[C@@H](C)n2nnc(-c3ccc(C(C)C)cc3)n2)cc1. The van der Waals surface area contributed by atoms with E-state index in [1.165, 1.54) is 10.4 Å². The first-order valence-electron chi connectivity index (χ1n) is 8.46. The fourth-order valence-corrected chi connectivity index (χ4v) is 2.59. The normalized spacial score (nSPS) is 12.4. The van der Waals surface area contributed by atoms with Crippen molar-refractivity contribution in [2.24, 2.45) is 0 Å². The Kier molecular flexibility index (Phi) is 4.74. The summed E-state index contributed by atoms with van der Waals surface area (Å²) in [6, 6.07) is 15.1. The van der Waals surface area contributed by atoms with E-state index in [0.29, 0.717) is 17.3 Å². The van der Waals surface area contributed by atoms with E-state index in [0.717, 1.165) is 11.1 Å². The third kappa shape index (κ3) is 3.65. The minimum absolute atomic E-state index is 0.0286. The topological polar surface area (TPSA) is 60.7 Å². The molecule has 128 valence electrons. The van der Waals surface area contributed by atoms with Gasteiger partial charge in [-0.05, 0) is 30.5 Å². The molecule has 1 aromatic heterocycles. The Bertz CT molecular complexity index is 863. The number of carbonyl (C=O) groups excluding carboxylic acids is 1. The molecule has 0 aliphatic heterocycles. The Labute approximate surface area is 147 Å². The highest BCUT2D eigenvalue weighted by Gasteiger charge is 2.20. The molecule has 25 heavy (non-hydrogen) atoms. The molecule has 0 saturated heterocycles. The fraction of sp³-hybridized carbons (Fsp3) is 0.300. The van der Waals surface area contributed by atoms with Gasteiger partial charge in [-0.15, -0.1) is 10.2 Å². The van der Waals surface area contributed by atoms with Gasteiger partial charge in [-0.2, -0.15) is 4.80 Å². The van der Waals surface area contributed by atoms with Gasteiger partial charge in [-0.1, -0.05) is 67.9 Å². The molecule has 1 atom stereocenters. The van der Waals surface area contributed by atoms with Crippen molar-refractivity contribution in [3.8, 4) is 11.4 Å². The third-order valence-corrected chi connectivity index (χ3v) is 4.33. The average molecular weight is 334 g/mol. The van der Waals surface area contributed by atoms with Crippen LogP contribution in [0, 0.1) is 6.92 Å². The molecule has 0 spiro atoms. The van der Waals surface area contributed by atoms with Crippen LogP contribution in [0.5, 0.6) is 0 Å². The Balaban J connectivity index is 1.80. The number of rotatable bonds is 5. The van der Waals surface area contributed by atoms with Crippen molar-refractivity contribution in [3.63, 3.8) is 0 Å². The van der Waals surface area contributed by atoms with E-state index in [1.54, 1.807) is 6.92 Å². The van der Waals surface area contributed by atoms with E-state index in [9.17, 15) is 4.79 Å². The second-order valence-electron chi connectivity index (χ2n) is 6.62. The zero-order valence-electron chi connectivity index (χ0n) is 15.0. The van der Waals surface area contributed by atoms with Crippen LogP contribution in [-0.2, 0) is 0 Å². The van der Waals surface area contributed by atoms with Crippen molar-refractivity contribution in [3.05, 3.63) is 65.2 Å². The zero-order valence-corrected chi connectivity index (χ0v) is 15.0. The van der Waals surface area contributed by atoms with E-state index in [1.807, 2.05) is 43.3 Å². The second kappa shape index (κ2) is 6.97. The van der Waals surface area contributed by atoms with Crippen molar-refractivity contribution in [1.82, 2.24) is 20.2 Å². The highest BCUT2D eigenvalue weighted by molar-refractivity contribution is 5.98. The lowest BCUT2D eigenvalue weighted by Crippen LogP contribution is -2.19. The summed E-state index contributed by atoms with van der Waals surface area (Å²) in [5.41, 5.74) is 3.93. The Morgan fingerprint density at radius 1 is 0.960 bits per heavy atom. The van der Waals surface area contributed by atoms with Crippen molar-refractivity contribution in [2.45, 2.75) is 39.7 Å². The maximum Gasteiger partial charge on any atom is 0.204 e. The molecular weight excluding hydrogens is 312 g/mol. The lowest BCUT2D eigenvalue weighted by Gasteiger charge is -2.09. The van der Waals surface area contributed by atoms with Gasteiger partial charge in [-0.25, -0.2) is 0 Å². The van der Waals surface area contributed by atoms with Crippen LogP contribution in [0.25, 0.3) is 11.4 Å². The molecule has 3 aromatic rings. The van der Waals surface area contributed by atoms with Crippen molar-refractivity contribution in [2.75, 3.05) is 0 Å². The van der Waals surface area contributed by atoms with Crippen molar-refractivity contribution >= 4 is 5.78 Å². The number of hydrogen-bond acceptors (Lipinski definition) is 4. The molecule has 0 bridgehead atoms. The molecule has 0 N–H and O–H groups in total. The Morgan fingerprint density at radius 3 is 2.20 bits per heavy atom. The van der Waals surface area contributed by atoms with E-state index < -0.39 is 6.04 Å². The second-order valence-corrected chi connectivity index (χ2v) is 6.62. The van der Waals surface area contributed by atoms with Crippen LogP contribution in [0.2, 0.25) is 0 Å². The summed E-state index contributed by atoms with van der Waals surface area (Å²) in [5, 5.41) is 12.6. The third-order valence-electron chi connectivity index (χ3n) is 4.33.